The summed E-state index contributed by atoms with van der Waals surface area (Å²) >= 11 is 1.43. The Labute approximate surface area is 146 Å². The molecule has 1 N–H and O–H groups in total. The van der Waals surface area contributed by atoms with E-state index in [0.717, 1.165) is 10.6 Å². The van der Waals surface area contributed by atoms with E-state index in [2.05, 4.69) is 5.32 Å². The second-order valence-electron chi connectivity index (χ2n) is 5.72. The van der Waals surface area contributed by atoms with Crippen LogP contribution < -0.4 is 14.8 Å². The molecule has 1 heterocycles. The lowest BCUT2D eigenvalue weighted by atomic mass is 10.3. The van der Waals surface area contributed by atoms with Crippen LogP contribution in [0.3, 0.4) is 0 Å². The number of rotatable bonds is 7. The molecule has 0 spiro atoms. The minimum absolute atomic E-state index is 0.0590. The van der Waals surface area contributed by atoms with Gasteiger partial charge in [-0.25, -0.2) is 0 Å². The number of thioether (sulfide) groups is 1. The predicted octanol–water partition coefficient (Wildman–Crippen LogP) is 1.92. The lowest BCUT2D eigenvalue weighted by Crippen LogP contribution is -2.43. The Morgan fingerprint density at radius 3 is 2.62 bits per heavy atom. The zero-order valence-corrected chi connectivity index (χ0v) is 15.1. The summed E-state index contributed by atoms with van der Waals surface area (Å²) in [5, 5.41) is 2.80. The molecule has 0 atom stereocenters. The molecule has 1 aliphatic rings. The summed E-state index contributed by atoms with van der Waals surface area (Å²) in [5.74, 6) is 1.53. The van der Waals surface area contributed by atoms with Crippen molar-refractivity contribution in [3.8, 4) is 11.5 Å². The van der Waals surface area contributed by atoms with Crippen LogP contribution in [0.4, 0.5) is 0 Å². The first-order valence-electron chi connectivity index (χ1n) is 8.09. The van der Waals surface area contributed by atoms with E-state index < -0.39 is 0 Å². The number of amides is 2. The van der Waals surface area contributed by atoms with Gasteiger partial charge >= 0.3 is 0 Å². The van der Waals surface area contributed by atoms with E-state index >= 15 is 0 Å². The van der Waals surface area contributed by atoms with Gasteiger partial charge in [-0.05, 0) is 39.0 Å². The molecule has 0 fully saturated rings. The third-order valence-electron chi connectivity index (χ3n) is 3.39. The van der Waals surface area contributed by atoms with Crippen molar-refractivity contribution in [2.75, 3.05) is 32.1 Å². The van der Waals surface area contributed by atoms with Crippen molar-refractivity contribution in [3.63, 3.8) is 0 Å². The summed E-state index contributed by atoms with van der Waals surface area (Å²) in [6, 6.07) is 5.72. The minimum atomic E-state index is -0.135. The van der Waals surface area contributed by atoms with Gasteiger partial charge in [0.2, 0.25) is 11.8 Å². The molecule has 0 saturated heterocycles. The molecule has 1 aliphatic heterocycles. The average Bonchev–Trinajstić information content (AvgIpc) is 2.56. The fraction of sp³-hybridized carbons (Fsp3) is 0.529. The van der Waals surface area contributed by atoms with Crippen molar-refractivity contribution in [2.24, 2.45) is 0 Å². The van der Waals surface area contributed by atoms with Gasteiger partial charge < -0.3 is 19.7 Å². The largest absolute Gasteiger partial charge is 0.486 e. The van der Waals surface area contributed by atoms with E-state index in [1.54, 1.807) is 4.90 Å². The zero-order chi connectivity index (χ0) is 17.5. The highest BCUT2D eigenvalue weighted by Gasteiger charge is 2.17. The lowest BCUT2D eigenvalue weighted by Gasteiger charge is -2.21. The van der Waals surface area contributed by atoms with Gasteiger partial charge in [-0.3, -0.25) is 9.59 Å². The van der Waals surface area contributed by atoms with Gasteiger partial charge in [-0.1, -0.05) is 0 Å². The van der Waals surface area contributed by atoms with Crippen molar-refractivity contribution >= 4 is 23.6 Å². The third-order valence-corrected chi connectivity index (χ3v) is 4.37. The molecule has 7 heteroatoms. The van der Waals surface area contributed by atoms with Crippen LogP contribution in [0.25, 0.3) is 0 Å². The van der Waals surface area contributed by atoms with Crippen LogP contribution >= 0.6 is 11.8 Å². The quantitative estimate of drug-likeness (QED) is 0.760. The number of fused-ring (bicyclic) bond motifs is 1. The molecule has 0 unspecified atom stereocenters. The van der Waals surface area contributed by atoms with Crippen LogP contribution in [-0.2, 0) is 9.59 Å². The monoisotopic (exact) mass is 352 g/mol. The highest BCUT2D eigenvalue weighted by molar-refractivity contribution is 8.00. The molecule has 6 nitrogen and oxygen atoms in total. The molecule has 2 amide bonds. The predicted molar refractivity (Wildman–Crippen MR) is 93.7 cm³/mol. The second-order valence-corrected chi connectivity index (χ2v) is 6.77. The summed E-state index contributed by atoms with van der Waals surface area (Å²) in [7, 11) is 0. The molecule has 1 aromatic rings. The SMILES string of the molecule is CCN(CC(=O)NC(C)C)C(=O)CSc1ccc2c(c1)OCCO2. The normalized spacial score (nSPS) is 12.8. The van der Waals surface area contributed by atoms with E-state index in [9.17, 15) is 9.59 Å². The first-order valence-corrected chi connectivity index (χ1v) is 9.07. The van der Waals surface area contributed by atoms with Gasteiger partial charge in [0, 0.05) is 17.5 Å². The molecular formula is C17H24N2O4S. The van der Waals surface area contributed by atoms with E-state index in [4.69, 9.17) is 9.47 Å². The number of nitrogens with one attached hydrogen (secondary N) is 1. The van der Waals surface area contributed by atoms with Gasteiger partial charge in [0.25, 0.3) is 0 Å². The summed E-state index contributed by atoms with van der Waals surface area (Å²) in [6.45, 7) is 7.36. The number of benzene rings is 1. The van der Waals surface area contributed by atoms with Crippen molar-refractivity contribution < 1.29 is 19.1 Å². The van der Waals surface area contributed by atoms with Gasteiger partial charge in [0.05, 0.1) is 12.3 Å². The molecule has 0 bridgehead atoms. The van der Waals surface area contributed by atoms with E-state index in [-0.39, 0.29) is 30.2 Å². The first kappa shape index (κ1) is 18.4. The number of hydrogen-bond acceptors (Lipinski definition) is 5. The van der Waals surface area contributed by atoms with E-state index in [0.29, 0.717) is 25.5 Å². The molecular weight excluding hydrogens is 328 g/mol. The number of nitrogens with zero attached hydrogens (tertiary/aromatic N) is 1. The fourth-order valence-corrected chi connectivity index (χ4v) is 3.09. The molecule has 1 aromatic carbocycles. The smallest absolute Gasteiger partial charge is 0.239 e. The highest BCUT2D eigenvalue weighted by atomic mass is 32.2. The van der Waals surface area contributed by atoms with Crippen LogP contribution in [0.1, 0.15) is 20.8 Å². The summed E-state index contributed by atoms with van der Waals surface area (Å²) in [6.07, 6.45) is 0. The number of hydrogen-bond donors (Lipinski definition) is 1. The molecule has 24 heavy (non-hydrogen) atoms. The van der Waals surface area contributed by atoms with Crippen molar-refractivity contribution in [1.82, 2.24) is 10.2 Å². The Hall–Kier alpha value is -1.89. The standard InChI is InChI=1S/C17H24N2O4S/c1-4-19(10-16(20)18-12(2)3)17(21)11-24-13-5-6-14-15(9-13)23-8-7-22-14/h5-6,9,12H,4,7-8,10-11H2,1-3H3,(H,18,20). The summed E-state index contributed by atoms with van der Waals surface area (Å²) < 4.78 is 11.0. The maximum Gasteiger partial charge on any atom is 0.239 e. The number of likely N-dealkylation sites (N-methyl/N-ethyl adjacent to an activating group) is 1. The second kappa shape index (κ2) is 8.82. The molecule has 2 rings (SSSR count). The van der Waals surface area contributed by atoms with Crippen LogP contribution in [-0.4, -0.2) is 54.8 Å². The molecule has 0 aromatic heterocycles. The Balaban J connectivity index is 1.87. The Morgan fingerprint density at radius 2 is 1.96 bits per heavy atom. The molecule has 0 radical (unpaired) electrons. The highest BCUT2D eigenvalue weighted by Crippen LogP contribution is 2.34. The average molecular weight is 352 g/mol. The zero-order valence-electron chi connectivity index (χ0n) is 14.3. The maximum absolute atomic E-state index is 12.3. The van der Waals surface area contributed by atoms with E-state index in [1.807, 2.05) is 39.0 Å². The number of ether oxygens (including phenoxy) is 2. The lowest BCUT2D eigenvalue weighted by molar-refractivity contribution is -0.134. The first-order chi connectivity index (χ1) is 11.5. The minimum Gasteiger partial charge on any atom is -0.486 e. The summed E-state index contributed by atoms with van der Waals surface area (Å²) in [4.78, 5) is 26.6. The van der Waals surface area contributed by atoms with Crippen molar-refractivity contribution in [1.29, 1.82) is 0 Å². The topological polar surface area (TPSA) is 67.9 Å². The van der Waals surface area contributed by atoms with Crippen LogP contribution in [0.15, 0.2) is 23.1 Å². The Kier molecular flexibility index (Phi) is 6.78. The van der Waals surface area contributed by atoms with E-state index in [1.165, 1.54) is 11.8 Å². The number of carbonyl (C=O) groups excluding carboxylic acids is 2. The van der Waals surface area contributed by atoms with Gasteiger partial charge in [0.15, 0.2) is 11.5 Å². The van der Waals surface area contributed by atoms with Gasteiger partial charge in [-0.2, -0.15) is 0 Å². The van der Waals surface area contributed by atoms with Crippen LogP contribution in [0.2, 0.25) is 0 Å². The molecule has 0 aliphatic carbocycles. The van der Waals surface area contributed by atoms with Crippen molar-refractivity contribution in [3.05, 3.63) is 18.2 Å². The molecule has 132 valence electrons. The third kappa shape index (κ3) is 5.33. The van der Waals surface area contributed by atoms with Crippen molar-refractivity contribution in [2.45, 2.75) is 31.7 Å². The Morgan fingerprint density at radius 1 is 1.25 bits per heavy atom. The summed E-state index contributed by atoms with van der Waals surface area (Å²) in [5.41, 5.74) is 0. The van der Waals surface area contributed by atoms with Gasteiger partial charge in [0.1, 0.15) is 13.2 Å². The Bertz CT molecular complexity index is 592. The maximum atomic E-state index is 12.3. The van der Waals surface area contributed by atoms with Gasteiger partial charge in [-0.15, -0.1) is 11.8 Å². The van der Waals surface area contributed by atoms with Crippen LogP contribution in [0, 0.1) is 0 Å². The van der Waals surface area contributed by atoms with Crippen LogP contribution in [0.5, 0.6) is 11.5 Å². The number of carbonyl (C=O) groups is 2. The molecule has 0 saturated carbocycles. The fourth-order valence-electron chi connectivity index (χ4n) is 2.27.